The molecule has 1 aliphatic rings. The molecular weight excluding hydrogens is 230 g/mol. The molecule has 1 aromatic heterocycles. The van der Waals surface area contributed by atoms with E-state index in [0.29, 0.717) is 6.04 Å². The summed E-state index contributed by atoms with van der Waals surface area (Å²) in [6, 6.07) is 4.86. The van der Waals surface area contributed by atoms with Crippen molar-refractivity contribution in [2.24, 2.45) is 0 Å². The van der Waals surface area contributed by atoms with Gasteiger partial charge in [0.1, 0.15) is 5.72 Å². The third kappa shape index (κ3) is 3.09. The zero-order chi connectivity index (χ0) is 12.1. The number of nitrogens with one attached hydrogen (secondary N) is 1. The van der Waals surface area contributed by atoms with Gasteiger partial charge >= 0.3 is 0 Å². The second kappa shape index (κ2) is 5.98. The normalized spacial score (nSPS) is 23.8. The molecule has 0 amide bonds. The van der Waals surface area contributed by atoms with E-state index in [4.69, 9.17) is 4.74 Å². The van der Waals surface area contributed by atoms with Crippen molar-refractivity contribution in [1.82, 2.24) is 5.32 Å². The summed E-state index contributed by atoms with van der Waals surface area (Å²) in [5, 5.41) is 5.92. The highest BCUT2D eigenvalue weighted by atomic mass is 32.1. The molecule has 1 N–H and O–H groups in total. The van der Waals surface area contributed by atoms with Crippen LogP contribution in [0.4, 0.5) is 0 Å². The van der Waals surface area contributed by atoms with E-state index < -0.39 is 0 Å². The lowest BCUT2D eigenvalue weighted by molar-refractivity contribution is -0.121. The third-order valence-electron chi connectivity index (χ3n) is 3.42. The minimum Gasteiger partial charge on any atom is -0.361 e. The number of hydrogen-bond donors (Lipinski definition) is 1. The van der Waals surface area contributed by atoms with Crippen LogP contribution in [0, 0.1) is 0 Å². The average Bonchev–Trinajstić information content (AvgIpc) is 2.83. The van der Waals surface area contributed by atoms with E-state index in [9.17, 15) is 0 Å². The summed E-state index contributed by atoms with van der Waals surface area (Å²) >= 11 is 1.85. The summed E-state index contributed by atoms with van der Waals surface area (Å²) in [6.07, 6.45) is 5.66. The van der Waals surface area contributed by atoms with Gasteiger partial charge in [0.15, 0.2) is 0 Å². The molecule has 1 aromatic rings. The average molecular weight is 253 g/mol. The van der Waals surface area contributed by atoms with Gasteiger partial charge in [0.25, 0.3) is 0 Å². The Kier molecular flexibility index (Phi) is 4.60. The highest BCUT2D eigenvalue weighted by Crippen LogP contribution is 2.33. The fourth-order valence-electron chi connectivity index (χ4n) is 2.73. The van der Waals surface area contributed by atoms with Gasteiger partial charge in [-0.15, -0.1) is 11.3 Å². The third-order valence-corrected chi connectivity index (χ3v) is 4.40. The lowest BCUT2D eigenvalue weighted by Gasteiger charge is -2.42. The zero-order valence-corrected chi connectivity index (χ0v) is 11.7. The van der Waals surface area contributed by atoms with E-state index in [1.807, 2.05) is 11.3 Å². The fraction of sp³-hybridized carbons (Fsp3) is 0.714. The molecule has 2 heterocycles. The Morgan fingerprint density at radius 3 is 2.76 bits per heavy atom. The van der Waals surface area contributed by atoms with Crippen molar-refractivity contribution in [1.29, 1.82) is 0 Å². The Labute approximate surface area is 108 Å². The molecule has 3 heteroatoms. The van der Waals surface area contributed by atoms with Gasteiger partial charge in [0.2, 0.25) is 0 Å². The molecule has 1 atom stereocenters. The molecule has 0 aromatic carbocycles. The Hall–Kier alpha value is -0.380. The fourth-order valence-corrected chi connectivity index (χ4v) is 3.54. The number of thiophene rings is 1. The number of rotatable bonds is 5. The van der Waals surface area contributed by atoms with E-state index in [1.165, 1.54) is 17.7 Å². The monoisotopic (exact) mass is 253 g/mol. The van der Waals surface area contributed by atoms with Gasteiger partial charge in [0.05, 0.1) is 6.61 Å². The highest BCUT2D eigenvalue weighted by molar-refractivity contribution is 7.10. The first-order valence-electron chi connectivity index (χ1n) is 6.74. The first kappa shape index (κ1) is 13.1. The molecule has 2 rings (SSSR count). The SMILES string of the molecule is CCCC1(CCC)NC(c2cccs2)CCO1. The van der Waals surface area contributed by atoms with Crippen LogP contribution in [0.1, 0.15) is 56.9 Å². The van der Waals surface area contributed by atoms with Gasteiger partial charge in [-0.1, -0.05) is 32.8 Å². The molecule has 0 bridgehead atoms. The van der Waals surface area contributed by atoms with Gasteiger partial charge in [-0.25, -0.2) is 0 Å². The molecule has 0 aliphatic carbocycles. The molecule has 0 saturated carbocycles. The molecule has 17 heavy (non-hydrogen) atoms. The van der Waals surface area contributed by atoms with Gasteiger partial charge < -0.3 is 4.74 Å². The maximum absolute atomic E-state index is 6.07. The quantitative estimate of drug-likeness (QED) is 0.853. The Morgan fingerprint density at radius 1 is 1.41 bits per heavy atom. The van der Waals surface area contributed by atoms with Crippen molar-refractivity contribution in [3.63, 3.8) is 0 Å². The smallest absolute Gasteiger partial charge is 0.119 e. The second-order valence-corrected chi connectivity index (χ2v) is 5.82. The van der Waals surface area contributed by atoms with E-state index in [-0.39, 0.29) is 5.72 Å². The van der Waals surface area contributed by atoms with Crippen LogP contribution >= 0.6 is 11.3 Å². The first-order valence-corrected chi connectivity index (χ1v) is 7.62. The predicted molar refractivity (Wildman–Crippen MR) is 73.3 cm³/mol. The van der Waals surface area contributed by atoms with Gasteiger partial charge in [0, 0.05) is 10.9 Å². The molecule has 0 spiro atoms. The zero-order valence-electron chi connectivity index (χ0n) is 10.9. The first-order chi connectivity index (χ1) is 8.29. The Morgan fingerprint density at radius 2 is 2.18 bits per heavy atom. The molecule has 1 saturated heterocycles. The Balaban J connectivity index is 2.08. The molecule has 2 nitrogen and oxygen atoms in total. The van der Waals surface area contributed by atoms with Crippen molar-refractivity contribution in [3.8, 4) is 0 Å². The van der Waals surface area contributed by atoms with Crippen molar-refractivity contribution < 1.29 is 4.74 Å². The van der Waals surface area contributed by atoms with E-state index in [1.54, 1.807) is 0 Å². The van der Waals surface area contributed by atoms with Crippen LogP contribution in [-0.4, -0.2) is 12.3 Å². The van der Waals surface area contributed by atoms with Crippen molar-refractivity contribution >= 4 is 11.3 Å². The minimum atomic E-state index is -0.0730. The van der Waals surface area contributed by atoms with Crippen LogP contribution < -0.4 is 5.32 Å². The van der Waals surface area contributed by atoms with Crippen LogP contribution in [0.5, 0.6) is 0 Å². The van der Waals surface area contributed by atoms with Crippen LogP contribution in [0.3, 0.4) is 0 Å². The molecule has 96 valence electrons. The minimum absolute atomic E-state index is 0.0730. The van der Waals surface area contributed by atoms with E-state index in [2.05, 4.69) is 36.7 Å². The topological polar surface area (TPSA) is 21.3 Å². The van der Waals surface area contributed by atoms with Crippen LogP contribution in [0.15, 0.2) is 17.5 Å². The summed E-state index contributed by atoms with van der Waals surface area (Å²) in [5.41, 5.74) is -0.0730. The summed E-state index contributed by atoms with van der Waals surface area (Å²) in [4.78, 5) is 1.45. The summed E-state index contributed by atoms with van der Waals surface area (Å²) < 4.78 is 6.07. The van der Waals surface area contributed by atoms with Crippen molar-refractivity contribution in [2.75, 3.05) is 6.61 Å². The molecule has 1 aliphatic heterocycles. The van der Waals surface area contributed by atoms with Crippen LogP contribution in [0.25, 0.3) is 0 Å². The van der Waals surface area contributed by atoms with Crippen LogP contribution in [-0.2, 0) is 4.74 Å². The molecule has 1 unspecified atom stereocenters. The predicted octanol–water partition coefficient (Wildman–Crippen LogP) is 4.10. The number of ether oxygens (including phenoxy) is 1. The second-order valence-electron chi connectivity index (χ2n) is 4.84. The van der Waals surface area contributed by atoms with Gasteiger partial charge in [-0.05, 0) is 30.7 Å². The highest BCUT2D eigenvalue weighted by Gasteiger charge is 2.35. The molecule has 1 fully saturated rings. The Bertz CT molecular complexity index is 311. The van der Waals surface area contributed by atoms with Crippen LogP contribution in [0.2, 0.25) is 0 Å². The van der Waals surface area contributed by atoms with E-state index >= 15 is 0 Å². The lowest BCUT2D eigenvalue weighted by atomic mass is 9.97. The summed E-state index contributed by atoms with van der Waals surface area (Å²) in [6.45, 7) is 5.35. The molecule has 0 radical (unpaired) electrons. The van der Waals surface area contributed by atoms with Crippen molar-refractivity contribution in [3.05, 3.63) is 22.4 Å². The maximum Gasteiger partial charge on any atom is 0.119 e. The van der Waals surface area contributed by atoms with Gasteiger partial charge in [-0.2, -0.15) is 0 Å². The standard InChI is InChI=1S/C14H23NOS/c1-3-8-14(9-4-2)15-12(7-10-16-14)13-6-5-11-17-13/h5-6,11-12,15H,3-4,7-10H2,1-2H3. The van der Waals surface area contributed by atoms with E-state index in [0.717, 1.165) is 25.9 Å². The van der Waals surface area contributed by atoms with Crippen molar-refractivity contribution in [2.45, 2.75) is 57.7 Å². The summed E-state index contributed by atoms with van der Waals surface area (Å²) in [7, 11) is 0. The lowest BCUT2D eigenvalue weighted by Crippen LogP contribution is -2.52. The largest absolute Gasteiger partial charge is 0.361 e. The molecular formula is C14H23NOS. The summed E-state index contributed by atoms with van der Waals surface area (Å²) in [5.74, 6) is 0. The van der Waals surface area contributed by atoms with Gasteiger partial charge in [-0.3, -0.25) is 5.32 Å². The number of hydrogen-bond acceptors (Lipinski definition) is 3. The maximum atomic E-state index is 6.07.